The topological polar surface area (TPSA) is 74.7 Å². The fourth-order valence-electron chi connectivity index (χ4n) is 3.64. The van der Waals surface area contributed by atoms with Gasteiger partial charge >= 0.3 is 0 Å². The molecule has 5 aromatic rings. The molecule has 0 radical (unpaired) electrons. The van der Waals surface area contributed by atoms with Gasteiger partial charge in [-0.1, -0.05) is 46.3 Å². The van der Waals surface area contributed by atoms with Crippen LogP contribution in [0.3, 0.4) is 0 Å². The van der Waals surface area contributed by atoms with E-state index in [0.29, 0.717) is 11.4 Å². The van der Waals surface area contributed by atoms with Crippen molar-refractivity contribution >= 4 is 60.5 Å². The molecule has 0 amide bonds. The van der Waals surface area contributed by atoms with Crippen LogP contribution < -0.4 is 0 Å². The molecule has 0 saturated carbocycles. The van der Waals surface area contributed by atoms with E-state index in [2.05, 4.69) is 30.9 Å². The fourth-order valence-corrected chi connectivity index (χ4v) is 5.32. The second-order valence-electron chi connectivity index (χ2n) is 7.85. The lowest BCUT2D eigenvalue weighted by molar-refractivity contribution is 0.596. The molecule has 35 heavy (non-hydrogen) atoms. The molecule has 1 heterocycles. The smallest absolute Gasteiger partial charge is 0.206 e. The number of sulfone groups is 1. The van der Waals surface area contributed by atoms with Crippen molar-refractivity contribution in [2.45, 2.75) is 9.79 Å². The van der Waals surface area contributed by atoms with Gasteiger partial charge in [-0.15, -0.1) is 0 Å². The molecule has 0 atom stereocenters. The van der Waals surface area contributed by atoms with Crippen molar-refractivity contribution in [2.24, 2.45) is 9.98 Å². The fraction of sp³-hybridized carbons (Fsp3) is 0. The number of halogens is 1. The Morgan fingerprint density at radius 1 is 0.714 bits per heavy atom. The average molecular weight is 542 g/mol. The molecule has 0 fully saturated rings. The van der Waals surface area contributed by atoms with Crippen LogP contribution in [-0.4, -0.2) is 25.8 Å². The molecule has 7 heteroatoms. The Morgan fingerprint density at radius 3 is 2.00 bits per heavy atom. The van der Waals surface area contributed by atoms with Gasteiger partial charge in [0.15, 0.2) is 0 Å². The zero-order valence-corrected chi connectivity index (χ0v) is 20.9. The molecule has 0 spiro atoms. The highest BCUT2D eigenvalue weighted by Crippen LogP contribution is 2.26. The Kier molecular flexibility index (Phi) is 6.44. The van der Waals surface area contributed by atoms with Crippen LogP contribution >= 0.6 is 15.9 Å². The SMILES string of the molecule is O=S(=O)(c1ccc(N=Cc2cccc(Br)c2)cc1)c1ccc(N=Cc2c[nH]c3ccccc23)cc1. The van der Waals surface area contributed by atoms with Crippen LogP contribution in [0.1, 0.15) is 11.1 Å². The number of aromatic amines is 1. The standard InChI is InChI=1S/C28H20BrN3O2S/c29-22-5-3-4-20(16-22)17-30-23-8-12-25(13-9-23)35(33,34)26-14-10-24(11-15-26)31-18-21-19-32-28-7-2-1-6-27(21)28/h1-19,32H. The molecule has 0 aliphatic rings. The third-order valence-corrected chi connectivity index (χ3v) is 7.76. The number of hydrogen-bond acceptors (Lipinski definition) is 4. The zero-order chi connectivity index (χ0) is 24.3. The predicted molar refractivity (Wildman–Crippen MR) is 145 cm³/mol. The lowest BCUT2D eigenvalue weighted by Gasteiger charge is -2.05. The van der Waals surface area contributed by atoms with E-state index in [9.17, 15) is 8.42 Å². The van der Waals surface area contributed by atoms with Gasteiger partial charge < -0.3 is 4.98 Å². The number of aliphatic imine (C=N–C) groups is 2. The van der Waals surface area contributed by atoms with Crippen LogP contribution in [0.5, 0.6) is 0 Å². The second-order valence-corrected chi connectivity index (χ2v) is 10.7. The molecule has 0 saturated heterocycles. The minimum atomic E-state index is -3.65. The van der Waals surface area contributed by atoms with Gasteiger partial charge in [-0.25, -0.2) is 8.42 Å². The molecule has 0 unspecified atom stereocenters. The molecular weight excluding hydrogens is 522 g/mol. The van der Waals surface area contributed by atoms with E-state index in [1.807, 2.05) is 54.7 Å². The quantitative estimate of drug-likeness (QED) is 0.229. The maximum atomic E-state index is 13.1. The van der Waals surface area contributed by atoms with Crippen molar-refractivity contribution in [1.82, 2.24) is 4.98 Å². The number of para-hydroxylation sites is 1. The largest absolute Gasteiger partial charge is 0.361 e. The number of hydrogen-bond donors (Lipinski definition) is 1. The maximum absolute atomic E-state index is 13.1. The lowest BCUT2D eigenvalue weighted by atomic mass is 10.2. The molecule has 0 aliphatic heterocycles. The van der Waals surface area contributed by atoms with Crippen LogP contribution in [-0.2, 0) is 9.84 Å². The predicted octanol–water partition coefficient (Wildman–Crippen LogP) is 7.26. The Morgan fingerprint density at radius 2 is 1.34 bits per heavy atom. The monoisotopic (exact) mass is 541 g/mol. The summed E-state index contributed by atoms with van der Waals surface area (Å²) >= 11 is 3.44. The van der Waals surface area contributed by atoms with Crippen molar-refractivity contribution < 1.29 is 8.42 Å². The summed E-state index contributed by atoms with van der Waals surface area (Å²) in [5.74, 6) is 0. The van der Waals surface area contributed by atoms with Crippen molar-refractivity contribution in [3.63, 3.8) is 0 Å². The van der Waals surface area contributed by atoms with Gasteiger partial charge in [-0.3, -0.25) is 9.98 Å². The summed E-state index contributed by atoms with van der Waals surface area (Å²) in [7, 11) is -3.65. The number of benzene rings is 4. The molecule has 0 bridgehead atoms. The van der Waals surface area contributed by atoms with Crippen molar-refractivity contribution in [2.75, 3.05) is 0 Å². The van der Waals surface area contributed by atoms with Crippen molar-refractivity contribution in [3.05, 3.63) is 119 Å². The molecule has 4 aromatic carbocycles. The van der Waals surface area contributed by atoms with E-state index in [4.69, 9.17) is 0 Å². The summed E-state index contributed by atoms with van der Waals surface area (Å²) in [4.78, 5) is 12.6. The first-order valence-corrected chi connectivity index (χ1v) is 13.1. The molecule has 5 nitrogen and oxygen atoms in total. The molecule has 1 N–H and O–H groups in total. The number of nitrogens with one attached hydrogen (secondary N) is 1. The van der Waals surface area contributed by atoms with Gasteiger partial charge in [0, 0.05) is 39.6 Å². The summed E-state index contributed by atoms with van der Waals surface area (Å²) in [5, 5.41) is 1.08. The summed E-state index contributed by atoms with van der Waals surface area (Å²) in [6, 6.07) is 28.9. The van der Waals surface area contributed by atoms with Gasteiger partial charge in [0.2, 0.25) is 9.84 Å². The van der Waals surface area contributed by atoms with Crippen LogP contribution in [0.4, 0.5) is 11.4 Å². The Hall–Kier alpha value is -3.81. The Labute approximate surface area is 212 Å². The zero-order valence-electron chi connectivity index (χ0n) is 18.5. The number of aromatic nitrogens is 1. The number of rotatable bonds is 6. The summed E-state index contributed by atoms with van der Waals surface area (Å²) in [6.07, 6.45) is 5.42. The highest BCUT2D eigenvalue weighted by molar-refractivity contribution is 9.10. The van der Waals surface area contributed by atoms with Gasteiger partial charge in [0.25, 0.3) is 0 Å². The maximum Gasteiger partial charge on any atom is 0.206 e. The van der Waals surface area contributed by atoms with E-state index in [0.717, 1.165) is 26.5 Å². The summed E-state index contributed by atoms with van der Waals surface area (Å²) in [5.41, 5.74) is 4.31. The van der Waals surface area contributed by atoms with E-state index >= 15 is 0 Å². The van der Waals surface area contributed by atoms with Crippen molar-refractivity contribution in [1.29, 1.82) is 0 Å². The van der Waals surface area contributed by atoms with Crippen molar-refractivity contribution in [3.8, 4) is 0 Å². The minimum absolute atomic E-state index is 0.217. The summed E-state index contributed by atoms with van der Waals surface area (Å²) in [6.45, 7) is 0. The lowest BCUT2D eigenvalue weighted by Crippen LogP contribution is -2.01. The average Bonchev–Trinajstić information content (AvgIpc) is 3.30. The van der Waals surface area contributed by atoms with E-state index in [-0.39, 0.29) is 9.79 Å². The number of fused-ring (bicyclic) bond motifs is 1. The number of H-pyrrole nitrogens is 1. The van der Waals surface area contributed by atoms with Gasteiger partial charge in [0.1, 0.15) is 0 Å². The van der Waals surface area contributed by atoms with Gasteiger partial charge in [-0.05, 0) is 72.3 Å². The third-order valence-electron chi connectivity index (χ3n) is 5.48. The van der Waals surface area contributed by atoms with Gasteiger partial charge in [-0.2, -0.15) is 0 Å². The minimum Gasteiger partial charge on any atom is -0.361 e. The van der Waals surface area contributed by atoms with Crippen LogP contribution in [0.15, 0.2) is 128 Å². The first-order chi connectivity index (χ1) is 17.0. The Bertz CT molecular complexity index is 1650. The molecule has 5 rings (SSSR count). The highest BCUT2D eigenvalue weighted by atomic mass is 79.9. The highest BCUT2D eigenvalue weighted by Gasteiger charge is 2.17. The van der Waals surface area contributed by atoms with Gasteiger partial charge in [0.05, 0.1) is 21.2 Å². The first kappa shape index (κ1) is 23.0. The van der Waals surface area contributed by atoms with E-state index < -0.39 is 9.84 Å². The molecule has 1 aromatic heterocycles. The van der Waals surface area contributed by atoms with E-state index in [1.54, 1.807) is 61.0 Å². The second kappa shape index (κ2) is 9.82. The van der Waals surface area contributed by atoms with Crippen LogP contribution in [0.2, 0.25) is 0 Å². The normalized spacial score (nSPS) is 12.1. The van der Waals surface area contributed by atoms with Crippen LogP contribution in [0.25, 0.3) is 10.9 Å². The summed E-state index contributed by atoms with van der Waals surface area (Å²) < 4.78 is 27.1. The molecule has 172 valence electrons. The van der Waals surface area contributed by atoms with E-state index in [1.165, 1.54) is 0 Å². The Balaban J connectivity index is 1.31. The van der Waals surface area contributed by atoms with Crippen LogP contribution in [0, 0.1) is 0 Å². The number of nitrogens with zero attached hydrogens (tertiary/aromatic N) is 2. The molecule has 0 aliphatic carbocycles. The third kappa shape index (κ3) is 5.16. The molecular formula is C28H20BrN3O2S. The first-order valence-electron chi connectivity index (χ1n) is 10.8.